The van der Waals surface area contributed by atoms with Crippen molar-refractivity contribution in [3.05, 3.63) is 63.4 Å². The van der Waals surface area contributed by atoms with Gasteiger partial charge in [0.2, 0.25) is 5.79 Å². The number of aromatic nitrogens is 2. The summed E-state index contributed by atoms with van der Waals surface area (Å²) in [7, 11) is -3.15. The Kier molecular flexibility index (Phi) is 9.32. The second kappa shape index (κ2) is 12.1. The Morgan fingerprint density at radius 3 is 2.55 bits per heavy atom. The number of carbonyl (C=O) groups excluding carboxylic acids is 1. The number of hydrogen-bond acceptors (Lipinski definition) is 10. The molecule has 14 heteroatoms. The average molecular weight is 551 g/mol. The molecule has 13 nitrogen and oxygen atoms in total. The van der Waals surface area contributed by atoms with Crippen molar-refractivity contribution in [1.29, 1.82) is 0 Å². The van der Waals surface area contributed by atoms with Crippen molar-refractivity contribution in [1.82, 2.24) is 14.6 Å². The maximum absolute atomic E-state index is 13.8. The lowest BCUT2D eigenvalue weighted by molar-refractivity contribution is -0.230. The summed E-state index contributed by atoms with van der Waals surface area (Å²) in [4.78, 5) is 38.3. The van der Waals surface area contributed by atoms with Crippen molar-refractivity contribution >= 4 is 13.7 Å². The minimum Gasteiger partial charge on any atom is -0.462 e. The minimum absolute atomic E-state index is 0.168. The van der Waals surface area contributed by atoms with Crippen molar-refractivity contribution in [3.63, 3.8) is 0 Å². The molecule has 0 bridgehead atoms. The second-order valence-electron chi connectivity index (χ2n) is 8.67. The summed E-state index contributed by atoms with van der Waals surface area (Å²) >= 11 is 0. The highest BCUT2D eigenvalue weighted by molar-refractivity contribution is 7.52. The number of aliphatic hydroxyl groups is 1. The van der Waals surface area contributed by atoms with Gasteiger partial charge in [-0.05, 0) is 32.9 Å². The number of H-pyrrole nitrogens is 1. The predicted octanol–water partition coefficient (Wildman–Crippen LogP) is 1.15. The van der Waals surface area contributed by atoms with E-state index in [1.54, 1.807) is 32.0 Å². The maximum atomic E-state index is 13.8. The van der Waals surface area contributed by atoms with Crippen LogP contribution < -0.4 is 20.9 Å². The van der Waals surface area contributed by atoms with Crippen LogP contribution in [0.2, 0.25) is 0 Å². The maximum Gasteiger partial charge on any atom is 0.459 e. The monoisotopic (exact) mass is 551 g/mol. The van der Waals surface area contributed by atoms with E-state index in [1.165, 1.54) is 26.2 Å². The van der Waals surface area contributed by atoms with Gasteiger partial charge in [-0.15, -0.1) is 6.42 Å². The Morgan fingerprint density at radius 1 is 1.29 bits per heavy atom. The molecule has 1 aromatic carbocycles. The number of rotatable bonds is 11. The lowest BCUT2D eigenvalue weighted by atomic mass is 9.96. The summed E-state index contributed by atoms with van der Waals surface area (Å²) in [6, 6.07) is 8.03. The molecular weight excluding hydrogens is 521 g/mol. The molecule has 1 saturated heterocycles. The number of methoxy groups -OCH3 is 1. The number of esters is 1. The Morgan fingerprint density at radius 2 is 1.97 bits per heavy atom. The van der Waals surface area contributed by atoms with E-state index in [9.17, 15) is 24.1 Å². The number of hydrogen-bond donors (Lipinski definition) is 3. The molecule has 2 heterocycles. The predicted molar refractivity (Wildman–Crippen MR) is 134 cm³/mol. The fourth-order valence-corrected chi connectivity index (χ4v) is 5.21. The van der Waals surface area contributed by atoms with Crippen molar-refractivity contribution in [2.75, 3.05) is 13.7 Å². The van der Waals surface area contributed by atoms with Crippen LogP contribution in [0.1, 0.15) is 27.0 Å². The van der Waals surface area contributed by atoms with Crippen LogP contribution in [0.3, 0.4) is 0 Å². The number of nitrogens with zero attached hydrogens (tertiary/aromatic N) is 1. The molecule has 0 radical (unpaired) electrons. The average Bonchev–Trinajstić information content (AvgIpc) is 3.14. The number of nitrogens with one attached hydrogen (secondary N) is 2. The van der Waals surface area contributed by atoms with Gasteiger partial charge >= 0.3 is 19.4 Å². The summed E-state index contributed by atoms with van der Waals surface area (Å²) in [5.74, 6) is -1.63. The van der Waals surface area contributed by atoms with Crippen LogP contribution in [0.15, 0.2) is 52.2 Å². The quantitative estimate of drug-likeness (QED) is 0.159. The Balaban J connectivity index is 1.88. The molecule has 38 heavy (non-hydrogen) atoms. The number of benzene rings is 1. The fraction of sp³-hybridized carbons (Fsp3) is 0.458. The first-order chi connectivity index (χ1) is 17.9. The highest BCUT2D eigenvalue weighted by atomic mass is 31.2. The lowest BCUT2D eigenvalue weighted by Gasteiger charge is -2.30. The van der Waals surface area contributed by atoms with E-state index in [-0.39, 0.29) is 5.75 Å². The molecule has 1 fully saturated rings. The van der Waals surface area contributed by atoms with Crippen LogP contribution >= 0.6 is 7.75 Å². The summed E-state index contributed by atoms with van der Waals surface area (Å²) < 4.78 is 42.2. The minimum atomic E-state index is -4.32. The zero-order valence-electron chi connectivity index (χ0n) is 21.2. The van der Waals surface area contributed by atoms with Gasteiger partial charge in [-0.3, -0.25) is 23.7 Å². The summed E-state index contributed by atoms with van der Waals surface area (Å²) in [5.41, 5.74) is -1.47. The van der Waals surface area contributed by atoms with E-state index in [0.29, 0.717) is 0 Å². The third-order valence-corrected chi connectivity index (χ3v) is 7.19. The Bertz CT molecular complexity index is 1320. The van der Waals surface area contributed by atoms with E-state index in [4.69, 9.17) is 29.7 Å². The van der Waals surface area contributed by atoms with Crippen LogP contribution in [0.25, 0.3) is 0 Å². The molecule has 3 rings (SSSR count). The van der Waals surface area contributed by atoms with Crippen molar-refractivity contribution < 1.29 is 37.7 Å². The van der Waals surface area contributed by atoms with E-state index >= 15 is 0 Å². The van der Waals surface area contributed by atoms with Gasteiger partial charge in [0.1, 0.15) is 23.8 Å². The summed E-state index contributed by atoms with van der Waals surface area (Å²) in [6.07, 6.45) is 3.72. The van der Waals surface area contributed by atoms with Crippen LogP contribution in [0.4, 0.5) is 0 Å². The summed E-state index contributed by atoms with van der Waals surface area (Å²) in [5, 5.41) is 13.8. The van der Waals surface area contributed by atoms with Crippen molar-refractivity contribution in [3.8, 4) is 18.1 Å². The van der Waals surface area contributed by atoms with Crippen LogP contribution in [0, 0.1) is 18.3 Å². The molecule has 0 saturated carbocycles. The normalized spacial score (nSPS) is 25.3. The van der Waals surface area contributed by atoms with Crippen molar-refractivity contribution in [2.24, 2.45) is 5.92 Å². The molecule has 0 spiro atoms. The van der Waals surface area contributed by atoms with Gasteiger partial charge in [-0.2, -0.15) is 5.09 Å². The number of carbonyl (C=O) groups is 1. The van der Waals surface area contributed by atoms with E-state index in [2.05, 4.69) is 16.0 Å². The zero-order chi connectivity index (χ0) is 28.1. The van der Waals surface area contributed by atoms with Gasteiger partial charge < -0.3 is 23.8 Å². The first-order valence-electron chi connectivity index (χ1n) is 11.6. The Hall–Kier alpha value is -3.24. The molecular formula is C24H30N3O10P. The van der Waals surface area contributed by atoms with Crippen LogP contribution in [0.5, 0.6) is 5.75 Å². The molecule has 6 unspecified atom stereocenters. The highest BCUT2D eigenvalue weighted by Gasteiger charge is 2.57. The molecule has 0 amide bonds. The van der Waals surface area contributed by atoms with E-state index in [1.807, 2.05) is 0 Å². The number of ether oxygens (including phenoxy) is 3. The smallest absolute Gasteiger partial charge is 0.459 e. The number of para-hydroxylation sites is 1. The van der Waals surface area contributed by atoms with Crippen molar-refractivity contribution in [2.45, 2.75) is 51.0 Å². The van der Waals surface area contributed by atoms with Crippen LogP contribution in [-0.2, 0) is 28.1 Å². The van der Waals surface area contributed by atoms with Gasteiger partial charge in [-0.25, -0.2) is 9.36 Å². The Labute approximate surface area is 218 Å². The van der Waals surface area contributed by atoms with Gasteiger partial charge in [0.15, 0.2) is 6.23 Å². The lowest BCUT2D eigenvalue weighted by Crippen LogP contribution is -2.48. The molecule has 3 N–H and O–H groups in total. The van der Waals surface area contributed by atoms with E-state index in [0.717, 1.165) is 16.8 Å². The molecule has 1 aromatic heterocycles. The topological polar surface area (TPSA) is 167 Å². The van der Waals surface area contributed by atoms with E-state index < -0.39 is 67.8 Å². The van der Waals surface area contributed by atoms with Gasteiger partial charge in [0.05, 0.1) is 12.7 Å². The molecule has 0 aliphatic carbocycles. The second-order valence-corrected chi connectivity index (χ2v) is 10.4. The molecule has 2 aromatic rings. The molecule has 206 valence electrons. The molecule has 1 aliphatic rings. The van der Waals surface area contributed by atoms with Gasteiger partial charge in [0.25, 0.3) is 5.56 Å². The van der Waals surface area contributed by atoms with Gasteiger partial charge in [-0.1, -0.05) is 24.1 Å². The SMILES string of the molecule is C#CC1C(n2ccc(=O)[nH]c2=O)OC(COP(=O)(NC(C)C(=O)OC(C)C)Oc2ccccc2)C1(O)OC. The third-order valence-electron chi connectivity index (χ3n) is 5.55. The zero-order valence-corrected chi connectivity index (χ0v) is 22.1. The molecule has 6 atom stereocenters. The first-order valence-corrected chi connectivity index (χ1v) is 13.1. The first kappa shape index (κ1) is 29.3. The highest BCUT2D eigenvalue weighted by Crippen LogP contribution is 2.48. The molecule has 1 aliphatic heterocycles. The van der Waals surface area contributed by atoms with Gasteiger partial charge in [0, 0.05) is 19.4 Å². The fourth-order valence-electron chi connectivity index (χ4n) is 3.72. The number of aromatic amines is 1. The summed E-state index contributed by atoms with van der Waals surface area (Å²) in [6.45, 7) is 4.13. The standard InChI is InChI=1S/C24H30N3O10P/c1-6-18-21(27-13-12-20(28)25-23(27)30)36-19(24(18,31)33-5)14-34-38(32,37-17-10-8-7-9-11-17)26-16(4)22(29)35-15(2)3/h1,7-13,15-16,18-19,21,31H,14H2,2-5H3,(H,26,32)(H,25,28,30). The number of terminal acetylenes is 1. The third kappa shape index (κ3) is 6.60. The largest absolute Gasteiger partial charge is 0.462 e. The van der Waals surface area contributed by atoms with Crippen LogP contribution in [-0.4, -0.2) is 58.4 Å².